The zero-order chi connectivity index (χ0) is 86.2. The Morgan fingerprint density at radius 1 is 0.538 bits per heavy atom. The molecule has 7 aromatic heterocycles. The van der Waals surface area contributed by atoms with E-state index in [2.05, 4.69) is 157 Å². The van der Waals surface area contributed by atoms with Crippen LogP contribution in [0.5, 0.6) is 0 Å². The van der Waals surface area contributed by atoms with Crippen LogP contribution in [0.25, 0.3) is 49.8 Å². The molecule has 14 rings (SSSR count). The number of carbonyl (C=O) groups is 1. The number of fused-ring (bicyclic) bond motifs is 2. The molecular weight excluding hydrogens is 1770 g/mol. The number of nitrogen functional groups attached to an aromatic ring is 1. The fraction of sp³-hybridized carbons (Fsp3) is 0.408. The molecule has 0 atom stereocenters. The Kier molecular flexibility index (Phi) is 37.8. The molecule has 4 aliphatic rings. The SMILES string of the molecule is Brc1ccc(-c2nc3ccccn3c2NC2CCCCC2)cc1.Cc1noc(C)c1-c1ccc(-c2nc3ccccn3c2NC2CCCCC2)cc1.Cc1noc(C)c1B1OC(C)(C)C(C)(C)O1.Nc1ccccn1.O=Cc1ccc(Br)cc1.O=S(=O)(O)C(F)(F)F.O=S(=O)(O)C(F)(F)F.O=S(=O)(O)C(F)(F)F.[C-]#[N+]C1CCCCC1.[Sc]. The summed E-state index contributed by atoms with van der Waals surface area (Å²) >= 11 is 6.77. The molecule has 0 bridgehead atoms. The van der Waals surface area contributed by atoms with Crippen LogP contribution in [-0.2, 0) is 65.5 Å². The molecule has 1 saturated heterocycles. The van der Waals surface area contributed by atoms with Crippen LogP contribution in [0.2, 0.25) is 0 Å². The van der Waals surface area contributed by atoms with Gasteiger partial charge in [-0.25, -0.2) is 21.5 Å². The van der Waals surface area contributed by atoms with E-state index < -0.39 is 46.9 Å². The van der Waals surface area contributed by atoms with E-state index in [-0.39, 0.29) is 44.2 Å². The fourth-order valence-corrected chi connectivity index (χ4v) is 12.3. The smallest absolute Gasteiger partial charge is 0.399 e. The molecule has 1 aliphatic heterocycles. The minimum atomic E-state index is -5.84. The summed E-state index contributed by atoms with van der Waals surface area (Å²) in [7, 11) is -17.9. The van der Waals surface area contributed by atoms with E-state index in [1.807, 2.05) is 91.8 Å². The maximum absolute atomic E-state index is 10.7. The number of nitrogens with two attached hydrogens (primary N) is 1. The largest absolute Gasteiger partial charge is 0.522 e. The first kappa shape index (κ1) is 99.7. The molecule has 8 heterocycles. The molecular formula is C76H89BBr2F9N11O14S3Sc. The van der Waals surface area contributed by atoms with E-state index in [1.165, 1.54) is 83.5 Å². The Bertz CT molecular complexity index is 5030. The number of imidazole rings is 2. The van der Waals surface area contributed by atoms with Crippen molar-refractivity contribution in [1.29, 1.82) is 0 Å². The van der Waals surface area contributed by atoms with Gasteiger partial charge in [0.1, 0.15) is 57.9 Å². The minimum Gasteiger partial charge on any atom is -0.399 e. The average molecular weight is 1860 g/mol. The second-order valence-electron chi connectivity index (χ2n) is 27.7. The summed E-state index contributed by atoms with van der Waals surface area (Å²) in [5.74, 6) is 4.40. The van der Waals surface area contributed by atoms with Crippen LogP contribution < -0.4 is 21.8 Å². The van der Waals surface area contributed by atoms with Crippen LogP contribution in [0.4, 0.5) is 57.0 Å². The first-order valence-corrected chi connectivity index (χ1v) is 42.0. The quantitative estimate of drug-likeness (QED) is 0.0195. The topological polar surface area (TPSA) is 353 Å². The van der Waals surface area contributed by atoms with Crippen molar-refractivity contribution in [2.75, 3.05) is 16.4 Å². The molecule has 633 valence electrons. The van der Waals surface area contributed by atoms with Gasteiger partial charge in [-0.1, -0.05) is 154 Å². The number of anilines is 3. The third kappa shape index (κ3) is 30.4. The Hall–Kier alpha value is -7.91. The number of hydrogen-bond acceptors (Lipinski definition) is 19. The van der Waals surface area contributed by atoms with Gasteiger partial charge in [-0.2, -0.15) is 64.8 Å². The molecule has 41 heteroatoms. The number of aromatic nitrogens is 7. The number of nitrogens with zero attached hydrogens (tertiary/aromatic N) is 8. The predicted octanol–water partition coefficient (Wildman–Crippen LogP) is 19.5. The number of rotatable bonds is 9. The number of alkyl halides is 9. The van der Waals surface area contributed by atoms with Crippen LogP contribution in [0, 0.1) is 34.3 Å². The molecule has 1 radical (unpaired) electrons. The average Bonchev–Trinajstić information content (AvgIpc) is 1.62. The summed E-state index contributed by atoms with van der Waals surface area (Å²) in [6.45, 7) is 22.6. The van der Waals surface area contributed by atoms with E-state index in [0.29, 0.717) is 29.5 Å². The summed E-state index contributed by atoms with van der Waals surface area (Å²) in [6.07, 6.45) is 25.8. The molecule has 0 unspecified atom stereocenters. The third-order valence-corrected chi connectivity index (χ3v) is 21.3. The van der Waals surface area contributed by atoms with Gasteiger partial charge in [0, 0.05) is 106 Å². The maximum atomic E-state index is 10.7. The van der Waals surface area contributed by atoms with E-state index in [1.54, 1.807) is 24.4 Å². The first-order valence-electron chi connectivity index (χ1n) is 36.1. The van der Waals surface area contributed by atoms with Gasteiger partial charge in [0.2, 0.25) is 6.04 Å². The van der Waals surface area contributed by atoms with Crippen molar-refractivity contribution in [3.8, 4) is 33.6 Å². The molecule has 0 spiro atoms. The third-order valence-electron chi connectivity index (χ3n) is 18.5. The first-order chi connectivity index (χ1) is 54.2. The number of nitrogens with one attached hydrogen (secondary N) is 2. The molecule has 117 heavy (non-hydrogen) atoms. The number of aldehydes is 1. The number of aryl methyl sites for hydroxylation is 4. The van der Waals surface area contributed by atoms with Gasteiger partial charge in [0.25, 0.3) is 0 Å². The Balaban J connectivity index is 0.000000249. The molecule has 3 aliphatic carbocycles. The summed E-state index contributed by atoms with van der Waals surface area (Å²) < 4.78 is 201. The number of hydrogen-bond donors (Lipinski definition) is 6. The van der Waals surface area contributed by atoms with Crippen LogP contribution in [0.15, 0.2) is 164 Å². The molecule has 3 aromatic carbocycles. The summed E-state index contributed by atoms with van der Waals surface area (Å²) in [4.78, 5) is 27.2. The zero-order valence-corrected chi connectivity index (χ0v) is 72.2. The van der Waals surface area contributed by atoms with Gasteiger partial charge in [-0.3, -0.25) is 27.3 Å². The number of carbonyl (C=O) groups excluding carboxylic acids is 1. The normalized spacial score (nSPS) is 15.6. The van der Waals surface area contributed by atoms with Crippen molar-refractivity contribution in [2.45, 2.75) is 198 Å². The van der Waals surface area contributed by atoms with E-state index in [9.17, 15) is 44.3 Å². The molecule has 7 N–H and O–H groups in total. The number of halogens is 11. The van der Waals surface area contributed by atoms with Gasteiger partial charge >= 0.3 is 54.0 Å². The standard InChI is InChI=1S/C24H26N4O.C19H20BrN3.C11H18BNO3.C7H5BrO.C7H11N.C5H6N2.3CHF3O3S.Sc/c1-16-22(17(2)29-27-16)18-11-13-19(14-12-18)23-24(25-20-8-4-3-5-9-20)28-15-7-6-10-21(28)26-23;20-15-11-9-14(10-12-15)18-19(21-16-6-2-1-3-7-16)23-13-5-4-8-17(23)22-18;1-7-9(8(2)14-13-7)12-15-10(3,4)11(5,6)16-12;8-7-3-1-6(5-9)2-4-7;1-8-7-5-3-2-4-6-7;6-5-3-1-2-4-7-5;3*2-1(3,4)8(5,6)7;/h6-7,10-15,20,25H,3-5,8-9H2,1-2H3;4-5,8-13,16,21H,1-3,6-7H2;1-6H3;1-5H;7H,2-6H2;1-4H,(H2,6,7);3*(H,5,6,7);. The Morgan fingerprint density at radius 3 is 1.21 bits per heavy atom. The van der Waals surface area contributed by atoms with Crippen molar-refractivity contribution >= 4 is 110 Å². The summed E-state index contributed by atoms with van der Waals surface area (Å²) in [5.41, 5.74) is -0.179. The molecule has 25 nitrogen and oxygen atoms in total. The van der Waals surface area contributed by atoms with Crippen molar-refractivity contribution < 1.29 is 127 Å². The van der Waals surface area contributed by atoms with Crippen molar-refractivity contribution in [2.24, 2.45) is 0 Å². The van der Waals surface area contributed by atoms with Crippen LogP contribution in [0.3, 0.4) is 0 Å². The van der Waals surface area contributed by atoms with Gasteiger partial charge in [0.05, 0.1) is 22.6 Å². The van der Waals surface area contributed by atoms with Crippen LogP contribution in [-0.4, -0.2) is 132 Å². The summed E-state index contributed by atoms with van der Waals surface area (Å²) in [5, 5.41) is 15.6. The fourth-order valence-electron chi connectivity index (χ4n) is 11.8. The van der Waals surface area contributed by atoms with Crippen molar-refractivity contribution in [1.82, 2.24) is 34.1 Å². The van der Waals surface area contributed by atoms with Gasteiger partial charge < -0.3 is 39.6 Å². The van der Waals surface area contributed by atoms with Crippen molar-refractivity contribution in [3.63, 3.8) is 0 Å². The second-order valence-corrected chi connectivity index (χ2v) is 33.7. The van der Waals surface area contributed by atoms with Crippen LogP contribution in [0.1, 0.15) is 157 Å². The molecule has 3 saturated carbocycles. The monoisotopic (exact) mass is 1860 g/mol. The number of benzene rings is 3. The number of pyridine rings is 3. The predicted molar refractivity (Wildman–Crippen MR) is 431 cm³/mol. The Morgan fingerprint density at radius 2 is 0.897 bits per heavy atom. The second kappa shape index (κ2) is 44.4. The van der Waals surface area contributed by atoms with Gasteiger partial charge in [-0.15, -0.1) is 0 Å². The molecule has 4 fully saturated rings. The molecule has 0 amide bonds. The zero-order valence-electron chi connectivity index (χ0n) is 64.8. The van der Waals surface area contributed by atoms with Crippen LogP contribution >= 0.6 is 31.9 Å². The van der Waals surface area contributed by atoms with Crippen molar-refractivity contribution in [3.05, 3.63) is 195 Å². The van der Waals surface area contributed by atoms with E-state index in [4.69, 9.17) is 79.5 Å². The maximum Gasteiger partial charge on any atom is 0.522 e. The van der Waals surface area contributed by atoms with E-state index >= 15 is 0 Å². The molecule has 10 aromatic rings. The minimum absolute atomic E-state index is 0. The van der Waals surface area contributed by atoms with Gasteiger partial charge in [-0.05, 0) is 160 Å². The Labute approximate surface area is 708 Å². The van der Waals surface area contributed by atoms with E-state index in [0.717, 1.165) is 113 Å². The summed E-state index contributed by atoms with van der Waals surface area (Å²) in [6, 6.07) is 43.4. The van der Waals surface area contributed by atoms with Gasteiger partial charge in [0.15, 0.2) is 0 Å².